The molecule has 0 aliphatic heterocycles. The molecule has 0 saturated heterocycles. The maximum atomic E-state index is 5.75. The molecular weight excluding hydrogens is 204 g/mol. The molecular formula is C12H20N2S. The molecule has 0 radical (unpaired) electrons. The van der Waals surface area contributed by atoms with Gasteiger partial charge in [0.05, 0.1) is 0 Å². The van der Waals surface area contributed by atoms with Gasteiger partial charge in [-0.15, -0.1) is 11.8 Å². The van der Waals surface area contributed by atoms with Crippen LogP contribution < -0.4 is 5.73 Å². The molecule has 2 nitrogen and oxygen atoms in total. The fraction of sp³-hybridized carbons (Fsp3) is 0.583. The number of nitrogens with two attached hydrogens (primary N) is 1. The first-order chi connectivity index (χ1) is 7.04. The molecule has 84 valence electrons. The lowest BCUT2D eigenvalue weighted by molar-refractivity contribution is 0.749. The number of aryl methyl sites for hydroxylation is 2. The van der Waals surface area contributed by atoms with Crippen LogP contribution in [0.25, 0.3) is 0 Å². The van der Waals surface area contributed by atoms with Crippen LogP contribution in [0, 0.1) is 19.8 Å². The number of aromatic nitrogens is 1. The minimum absolute atomic E-state index is 0.583. The Kier molecular flexibility index (Phi) is 4.61. The molecule has 0 atom stereocenters. The zero-order chi connectivity index (χ0) is 11.4. The zero-order valence-electron chi connectivity index (χ0n) is 10.0. The summed E-state index contributed by atoms with van der Waals surface area (Å²) in [5, 5.41) is 0. The van der Waals surface area contributed by atoms with E-state index in [0.29, 0.717) is 12.5 Å². The molecule has 1 aromatic heterocycles. The highest BCUT2D eigenvalue weighted by molar-refractivity contribution is 7.99. The molecule has 0 bridgehead atoms. The summed E-state index contributed by atoms with van der Waals surface area (Å²) >= 11 is 1.89. The van der Waals surface area contributed by atoms with Gasteiger partial charge in [-0.1, -0.05) is 13.8 Å². The van der Waals surface area contributed by atoms with Crippen LogP contribution in [0.15, 0.2) is 11.0 Å². The Morgan fingerprint density at radius 1 is 1.40 bits per heavy atom. The van der Waals surface area contributed by atoms with Crippen molar-refractivity contribution < 1.29 is 0 Å². The molecule has 3 heteroatoms. The molecule has 0 fully saturated rings. The van der Waals surface area contributed by atoms with E-state index in [1.165, 1.54) is 10.5 Å². The first-order valence-electron chi connectivity index (χ1n) is 5.34. The minimum atomic E-state index is 0.583. The second kappa shape index (κ2) is 5.52. The quantitative estimate of drug-likeness (QED) is 0.799. The van der Waals surface area contributed by atoms with E-state index in [2.05, 4.69) is 24.9 Å². The van der Waals surface area contributed by atoms with Crippen LogP contribution in [-0.2, 0) is 6.54 Å². The maximum Gasteiger partial charge on any atom is 0.0431 e. The van der Waals surface area contributed by atoms with Crippen LogP contribution >= 0.6 is 11.8 Å². The number of rotatable bonds is 4. The normalized spacial score (nSPS) is 11.1. The molecule has 2 N–H and O–H groups in total. The predicted molar refractivity (Wildman–Crippen MR) is 67.2 cm³/mol. The van der Waals surface area contributed by atoms with Crippen molar-refractivity contribution in [2.75, 3.05) is 5.75 Å². The molecule has 0 saturated carbocycles. The van der Waals surface area contributed by atoms with Crippen molar-refractivity contribution in [1.82, 2.24) is 4.98 Å². The Bertz CT molecular complexity index is 335. The van der Waals surface area contributed by atoms with Gasteiger partial charge in [0, 0.05) is 34.1 Å². The summed E-state index contributed by atoms with van der Waals surface area (Å²) in [6, 6.07) is 2.14. The highest BCUT2D eigenvalue weighted by Crippen LogP contribution is 2.26. The lowest BCUT2D eigenvalue weighted by Gasteiger charge is -2.12. The topological polar surface area (TPSA) is 38.9 Å². The van der Waals surface area contributed by atoms with E-state index in [9.17, 15) is 0 Å². The van der Waals surface area contributed by atoms with Gasteiger partial charge in [0.1, 0.15) is 0 Å². The highest BCUT2D eigenvalue weighted by atomic mass is 32.2. The average molecular weight is 224 g/mol. The monoisotopic (exact) mass is 224 g/mol. The van der Waals surface area contributed by atoms with Gasteiger partial charge < -0.3 is 5.73 Å². The van der Waals surface area contributed by atoms with Crippen molar-refractivity contribution in [2.45, 2.75) is 39.1 Å². The second-order valence-corrected chi connectivity index (χ2v) is 5.30. The van der Waals surface area contributed by atoms with Gasteiger partial charge in [0.15, 0.2) is 0 Å². The van der Waals surface area contributed by atoms with Crippen LogP contribution in [0.3, 0.4) is 0 Å². The number of pyridine rings is 1. The smallest absolute Gasteiger partial charge is 0.0431 e. The molecule has 0 aromatic carbocycles. The van der Waals surface area contributed by atoms with E-state index >= 15 is 0 Å². The molecule has 0 amide bonds. The average Bonchev–Trinajstić information content (AvgIpc) is 2.13. The van der Waals surface area contributed by atoms with E-state index in [-0.39, 0.29) is 0 Å². The molecule has 0 aliphatic rings. The van der Waals surface area contributed by atoms with Gasteiger partial charge in [-0.25, -0.2) is 0 Å². The fourth-order valence-corrected chi connectivity index (χ4v) is 2.62. The van der Waals surface area contributed by atoms with E-state index in [1.54, 1.807) is 0 Å². The molecule has 0 aliphatic carbocycles. The summed E-state index contributed by atoms with van der Waals surface area (Å²) in [5.41, 5.74) is 9.11. The lowest BCUT2D eigenvalue weighted by Crippen LogP contribution is -2.05. The van der Waals surface area contributed by atoms with Gasteiger partial charge in [-0.05, 0) is 25.8 Å². The Labute approximate surface area is 96.7 Å². The summed E-state index contributed by atoms with van der Waals surface area (Å²) in [6.45, 7) is 9.12. The van der Waals surface area contributed by atoms with Crippen molar-refractivity contribution in [3.05, 3.63) is 23.0 Å². The van der Waals surface area contributed by atoms with Crippen molar-refractivity contribution in [3.63, 3.8) is 0 Å². The summed E-state index contributed by atoms with van der Waals surface area (Å²) in [5.74, 6) is 1.84. The van der Waals surface area contributed by atoms with Crippen LogP contribution in [-0.4, -0.2) is 10.7 Å². The number of nitrogens with zero attached hydrogens (tertiary/aromatic N) is 1. The third kappa shape index (κ3) is 3.50. The van der Waals surface area contributed by atoms with Crippen molar-refractivity contribution >= 4 is 11.8 Å². The first-order valence-corrected chi connectivity index (χ1v) is 6.33. The number of hydrogen-bond acceptors (Lipinski definition) is 3. The van der Waals surface area contributed by atoms with Crippen LogP contribution in [0.5, 0.6) is 0 Å². The van der Waals surface area contributed by atoms with Gasteiger partial charge in [0.25, 0.3) is 0 Å². The maximum absolute atomic E-state index is 5.75. The summed E-state index contributed by atoms with van der Waals surface area (Å²) < 4.78 is 0. The van der Waals surface area contributed by atoms with E-state index in [0.717, 1.165) is 17.1 Å². The molecule has 1 rings (SSSR count). The molecule has 1 heterocycles. The van der Waals surface area contributed by atoms with Crippen LogP contribution in [0.4, 0.5) is 0 Å². The molecule has 1 aromatic rings. The number of thioether (sulfide) groups is 1. The lowest BCUT2D eigenvalue weighted by atomic mass is 10.2. The Morgan fingerprint density at radius 3 is 2.60 bits per heavy atom. The highest BCUT2D eigenvalue weighted by Gasteiger charge is 2.08. The van der Waals surface area contributed by atoms with E-state index in [4.69, 9.17) is 5.73 Å². The van der Waals surface area contributed by atoms with E-state index in [1.807, 2.05) is 25.6 Å². The third-order valence-electron chi connectivity index (χ3n) is 2.19. The molecule has 15 heavy (non-hydrogen) atoms. The second-order valence-electron chi connectivity index (χ2n) is 4.23. The van der Waals surface area contributed by atoms with Crippen molar-refractivity contribution in [3.8, 4) is 0 Å². The van der Waals surface area contributed by atoms with Gasteiger partial charge >= 0.3 is 0 Å². The zero-order valence-corrected chi connectivity index (χ0v) is 10.8. The Morgan fingerprint density at radius 2 is 2.07 bits per heavy atom. The van der Waals surface area contributed by atoms with Crippen LogP contribution in [0.2, 0.25) is 0 Å². The Hall–Kier alpha value is -0.540. The summed E-state index contributed by atoms with van der Waals surface area (Å²) in [4.78, 5) is 5.74. The van der Waals surface area contributed by atoms with Gasteiger partial charge in [0.2, 0.25) is 0 Å². The summed E-state index contributed by atoms with van der Waals surface area (Å²) in [7, 11) is 0. The first kappa shape index (κ1) is 12.5. The molecule has 0 spiro atoms. The van der Waals surface area contributed by atoms with Crippen molar-refractivity contribution in [1.29, 1.82) is 0 Å². The minimum Gasteiger partial charge on any atom is -0.326 e. The fourth-order valence-electron chi connectivity index (χ4n) is 1.45. The predicted octanol–water partition coefficient (Wildman–Crippen LogP) is 2.91. The van der Waals surface area contributed by atoms with Gasteiger partial charge in [-0.2, -0.15) is 0 Å². The standard InChI is InChI=1S/C12H20N2S/c1-8(2)7-15-12-5-9(3)14-10(4)11(12)6-13/h5,8H,6-7,13H2,1-4H3. The molecule has 0 unspecified atom stereocenters. The SMILES string of the molecule is Cc1cc(SCC(C)C)c(CN)c(C)n1. The summed E-state index contributed by atoms with van der Waals surface area (Å²) in [6.07, 6.45) is 0. The van der Waals surface area contributed by atoms with Crippen molar-refractivity contribution in [2.24, 2.45) is 11.7 Å². The number of hydrogen-bond donors (Lipinski definition) is 1. The van der Waals surface area contributed by atoms with E-state index < -0.39 is 0 Å². The van der Waals surface area contributed by atoms with Gasteiger partial charge in [-0.3, -0.25) is 4.98 Å². The largest absolute Gasteiger partial charge is 0.326 e. The third-order valence-corrected chi connectivity index (χ3v) is 3.70. The van der Waals surface area contributed by atoms with Crippen LogP contribution in [0.1, 0.15) is 30.8 Å². The Balaban J connectivity index is 2.93.